The Kier molecular flexibility index (Phi) is 3.75. The van der Waals surface area contributed by atoms with E-state index in [9.17, 15) is 4.79 Å². The Morgan fingerprint density at radius 3 is 2.76 bits per heavy atom. The van der Waals surface area contributed by atoms with Crippen LogP contribution in [0.2, 0.25) is 0 Å². The number of fused-ring (bicyclic) bond motifs is 1. The highest BCUT2D eigenvalue weighted by atomic mass is 32.1. The predicted octanol–water partition coefficient (Wildman–Crippen LogP) is 3.51. The number of imidazole rings is 1. The highest BCUT2D eigenvalue weighted by Gasteiger charge is 2.17. The molecular weight excluding hydrogens is 282 g/mol. The van der Waals surface area contributed by atoms with Crippen molar-refractivity contribution in [1.29, 1.82) is 0 Å². The van der Waals surface area contributed by atoms with E-state index in [0.29, 0.717) is 6.54 Å². The number of rotatable bonds is 4. The number of carbonyl (C=O) groups excluding carboxylic acids is 1. The molecule has 0 aliphatic heterocycles. The summed E-state index contributed by atoms with van der Waals surface area (Å²) in [6, 6.07) is 10.1. The van der Waals surface area contributed by atoms with Gasteiger partial charge in [0.05, 0.1) is 5.69 Å². The maximum Gasteiger partial charge on any atom is 0.263 e. The summed E-state index contributed by atoms with van der Waals surface area (Å²) >= 11 is 1.44. The summed E-state index contributed by atoms with van der Waals surface area (Å²) < 4.78 is 1.99. The first-order valence-corrected chi connectivity index (χ1v) is 7.84. The summed E-state index contributed by atoms with van der Waals surface area (Å²) in [4.78, 5) is 18.3. The van der Waals surface area contributed by atoms with Crippen molar-refractivity contribution >= 4 is 22.2 Å². The maximum atomic E-state index is 12.1. The molecule has 0 unspecified atom stereocenters. The first-order valence-electron chi connectivity index (χ1n) is 7.03. The molecule has 0 atom stereocenters. The molecule has 108 valence electrons. The van der Waals surface area contributed by atoms with Crippen molar-refractivity contribution in [2.75, 3.05) is 6.54 Å². The van der Waals surface area contributed by atoms with E-state index in [1.807, 2.05) is 54.8 Å². The molecule has 3 aromatic rings. The standard InChI is InChI=1S/C16H17N3OS/c1-3-9-17-15(20)14-11(2)19-10-13(18-16(19)21-14)12-7-5-4-6-8-12/h4-8,10H,3,9H2,1-2H3,(H,17,20). The molecule has 0 fully saturated rings. The van der Waals surface area contributed by atoms with Crippen molar-refractivity contribution in [2.45, 2.75) is 20.3 Å². The summed E-state index contributed by atoms with van der Waals surface area (Å²) in [7, 11) is 0. The number of nitrogens with zero attached hydrogens (tertiary/aromatic N) is 2. The van der Waals surface area contributed by atoms with Crippen LogP contribution in [0.3, 0.4) is 0 Å². The minimum atomic E-state index is -0.00823. The number of carbonyl (C=O) groups is 1. The molecule has 0 saturated heterocycles. The van der Waals surface area contributed by atoms with Gasteiger partial charge >= 0.3 is 0 Å². The fraction of sp³-hybridized carbons (Fsp3) is 0.250. The lowest BCUT2D eigenvalue weighted by Gasteiger charge is -2.01. The van der Waals surface area contributed by atoms with Crippen molar-refractivity contribution in [3.63, 3.8) is 0 Å². The van der Waals surface area contributed by atoms with Crippen LogP contribution in [-0.2, 0) is 0 Å². The third-order valence-electron chi connectivity index (χ3n) is 3.37. The lowest BCUT2D eigenvalue weighted by molar-refractivity contribution is 0.0957. The largest absolute Gasteiger partial charge is 0.351 e. The number of amides is 1. The Hall–Kier alpha value is -2.14. The van der Waals surface area contributed by atoms with Gasteiger partial charge in [0.25, 0.3) is 5.91 Å². The third kappa shape index (κ3) is 2.56. The summed E-state index contributed by atoms with van der Waals surface area (Å²) in [6.07, 6.45) is 2.93. The Balaban J connectivity index is 1.97. The second-order valence-electron chi connectivity index (χ2n) is 4.92. The molecule has 1 amide bonds. The molecular formula is C16H17N3OS. The van der Waals surface area contributed by atoms with Crippen LogP contribution in [0.15, 0.2) is 36.5 Å². The number of aryl methyl sites for hydroxylation is 1. The number of hydrogen-bond acceptors (Lipinski definition) is 3. The fourth-order valence-electron chi connectivity index (χ4n) is 2.23. The van der Waals surface area contributed by atoms with Gasteiger partial charge in [-0.05, 0) is 13.3 Å². The van der Waals surface area contributed by atoms with E-state index < -0.39 is 0 Å². The van der Waals surface area contributed by atoms with Crippen molar-refractivity contribution in [3.05, 3.63) is 47.1 Å². The topological polar surface area (TPSA) is 46.4 Å². The van der Waals surface area contributed by atoms with Gasteiger partial charge in [0.2, 0.25) is 0 Å². The van der Waals surface area contributed by atoms with Crippen molar-refractivity contribution in [2.24, 2.45) is 0 Å². The summed E-state index contributed by atoms with van der Waals surface area (Å²) in [5, 5.41) is 2.92. The van der Waals surface area contributed by atoms with Crippen LogP contribution in [0.5, 0.6) is 0 Å². The van der Waals surface area contributed by atoms with Gasteiger partial charge in [-0.1, -0.05) is 48.6 Å². The maximum absolute atomic E-state index is 12.1. The first kappa shape index (κ1) is 13.8. The predicted molar refractivity (Wildman–Crippen MR) is 85.9 cm³/mol. The van der Waals surface area contributed by atoms with Crippen molar-refractivity contribution in [1.82, 2.24) is 14.7 Å². The molecule has 0 aliphatic carbocycles. The van der Waals surface area contributed by atoms with Gasteiger partial charge in [0.15, 0.2) is 4.96 Å². The second-order valence-corrected chi connectivity index (χ2v) is 5.89. The molecule has 0 radical (unpaired) electrons. The highest BCUT2D eigenvalue weighted by molar-refractivity contribution is 7.19. The average molecular weight is 299 g/mol. The molecule has 2 aromatic heterocycles. The molecule has 1 aromatic carbocycles. The molecule has 21 heavy (non-hydrogen) atoms. The van der Waals surface area contributed by atoms with E-state index >= 15 is 0 Å². The van der Waals surface area contributed by atoms with E-state index in [0.717, 1.165) is 33.2 Å². The summed E-state index contributed by atoms with van der Waals surface area (Å²) in [5.74, 6) is -0.00823. The lowest BCUT2D eigenvalue weighted by Crippen LogP contribution is -2.23. The molecule has 0 bridgehead atoms. The minimum absolute atomic E-state index is 0.00823. The molecule has 0 aliphatic rings. The zero-order valence-electron chi connectivity index (χ0n) is 12.1. The van der Waals surface area contributed by atoms with Gasteiger partial charge in [-0.3, -0.25) is 9.20 Å². The van der Waals surface area contributed by atoms with Gasteiger partial charge in [-0.15, -0.1) is 0 Å². The van der Waals surface area contributed by atoms with Crippen molar-refractivity contribution < 1.29 is 4.79 Å². The third-order valence-corrected chi connectivity index (χ3v) is 4.52. The summed E-state index contributed by atoms with van der Waals surface area (Å²) in [5.41, 5.74) is 2.97. The Bertz CT molecular complexity index is 774. The lowest BCUT2D eigenvalue weighted by atomic mass is 10.2. The van der Waals surface area contributed by atoms with Crippen molar-refractivity contribution in [3.8, 4) is 11.3 Å². The molecule has 4 nitrogen and oxygen atoms in total. The van der Waals surface area contributed by atoms with Gasteiger partial charge in [0.1, 0.15) is 4.88 Å². The molecule has 0 saturated carbocycles. The molecule has 3 rings (SSSR count). The van der Waals surface area contributed by atoms with E-state index in [1.54, 1.807) is 0 Å². The van der Waals surface area contributed by atoms with E-state index in [-0.39, 0.29) is 5.91 Å². The smallest absolute Gasteiger partial charge is 0.263 e. The monoisotopic (exact) mass is 299 g/mol. The average Bonchev–Trinajstić information content (AvgIpc) is 3.06. The van der Waals surface area contributed by atoms with Crippen LogP contribution in [0.25, 0.3) is 16.2 Å². The highest BCUT2D eigenvalue weighted by Crippen LogP contribution is 2.26. The van der Waals surface area contributed by atoms with Gasteiger partial charge < -0.3 is 5.32 Å². The van der Waals surface area contributed by atoms with Gasteiger partial charge in [-0.25, -0.2) is 4.98 Å². The SMILES string of the molecule is CCCNC(=O)c1sc2nc(-c3ccccc3)cn2c1C. The van der Waals surface area contributed by atoms with Crippen LogP contribution in [0.1, 0.15) is 28.7 Å². The van der Waals surface area contributed by atoms with E-state index in [1.165, 1.54) is 11.3 Å². The van der Waals surface area contributed by atoms with E-state index in [2.05, 4.69) is 10.3 Å². The molecule has 1 N–H and O–H groups in total. The summed E-state index contributed by atoms with van der Waals surface area (Å²) in [6.45, 7) is 4.70. The molecule has 0 spiro atoms. The van der Waals surface area contributed by atoms with Crippen LogP contribution < -0.4 is 5.32 Å². The van der Waals surface area contributed by atoms with Crippen LogP contribution >= 0.6 is 11.3 Å². The molecule has 5 heteroatoms. The number of thiazole rings is 1. The molecule has 2 heterocycles. The zero-order valence-corrected chi connectivity index (χ0v) is 12.9. The fourth-order valence-corrected chi connectivity index (χ4v) is 3.25. The zero-order chi connectivity index (χ0) is 14.8. The van der Waals surface area contributed by atoms with Crippen LogP contribution in [-0.4, -0.2) is 21.8 Å². The first-order chi connectivity index (χ1) is 10.2. The Labute approximate surface area is 127 Å². The number of nitrogens with one attached hydrogen (secondary N) is 1. The second kappa shape index (κ2) is 5.69. The van der Waals surface area contributed by atoms with Gasteiger partial charge in [-0.2, -0.15) is 0 Å². The van der Waals surface area contributed by atoms with E-state index in [4.69, 9.17) is 0 Å². The van der Waals surface area contributed by atoms with Crippen LogP contribution in [0, 0.1) is 6.92 Å². The Morgan fingerprint density at radius 1 is 1.33 bits per heavy atom. The van der Waals surface area contributed by atoms with Gasteiger partial charge in [0, 0.05) is 24.0 Å². The number of benzene rings is 1. The minimum Gasteiger partial charge on any atom is -0.351 e. The Morgan fingerprint density at radius 2 is 2.10 bits per heavy atom. The number of aromatic nitrogens is 2. The quantitative estimate of drug-likeness (QED) is 0.801. The number of hydrogen-bond donors (Lipinski definition) is 1. The normalized spacial score (nSPS) is 11.0. The van der Waals surface area contributed by atoms with Crippen LogP contribution in [0.4, 0.5) is 0 Å².